The van der Waals surface area contributed by atoms with Gasteiger partial charge in [0, 0.05) is 0 Å². The van der Waals surface area contributed by atoms with Gasteiger partial charge in [-0.05, 0) is 8.91 Å². The summed E-state index contributed by atoms with van der Waals surface area (Å²) in [5.74, 6) is 0. The molecule has 1 N–H and O–H groups in total. The second-order valence-corrected chi connectivity index (χ2v) is 1.47. The minimum atomic E-state index is -4.83. The average molecular weight is 328 g/mol. The Morgan fingerprint density at radius 1 is 1.57 bits per heavy atom. The summed E-state index contributed by atoms with van der Waals surface area (Å²) >= 11 is 0. The first-order chi connectivity index (χ1) is 2.56. The van der Waals surface area contributed by atoms with Gasteiger partial charge in [0.15, 0.2) is 0 Å². The van der Waals surface area contributed by atoms with Crippen LogP contribution in [0.3, 0.4) is 0 Å². The zero-order chi connectivity index (χ0) is 5.21. The van der Waals surface area contributed by atoms with Gasteiger partial charge < -0.3 is 0 Å². The molecule has 7 heteroatoms. The summed E-state index contributed by atoms with van der Waals surface area (Å²) in [6, 6.07) is 0. The Balaban J connectivity index is 0. The molecule has 0 bridgehead atoms. The summed E-state index contributed by atoms with van der Waals surface area (Å²) in [7, 11) is -4.83. The fraction of sp³-hybridized carbons (Fsp3) is 0. The number of hydrogen-bond acceptors (Lipinski definition) is 3. The van der Waals surface area contributed by atoms with E-state index in [2.05, 4.69) is 0 Å². The Kier molecular flexibility index (Phi) is 5.55. The number of hydrogen-bond donors (Lipinski definition) is 1. The maximum absolute atomic E-state index is 10.2. The molecule has 0 aromatic heterocycles. The molecule has 0 unspecified atom stereocenters. The van der Waals surface area contributed by atoms with Crippen molar-refractivity contribution < 1.29 is 21.9 Å². The Hall–Kier alpha value is 0.683. The molecule has 0 atom stereocenters. The third-order valence-electron chi connectivity index (χ3n) is 0.0796. The van der Waals surface area contributed by atoms with Crippen molar-refractivity contribution in [2.75, 3.05) is 0 Å². The van der Waals surface area contributed by atoms with Crippen molar-refractivity contribution in [3.63, 3.8) is 0 Å². The van der Waals surface area contributed by atoms with Crippen LogP contribution >= 0.6 is 0 Å². The van der Waals surface area contributed by atoms with Gasteiger partial charge in [0.05, 0.1) is 0 Å². The SMILES string of the molecule is O=S(=O)(O)OF.[BiH3]. The molecule has 0 saturated heterocycles. The van der Waals surface area contributed by atoms with Gasteiger partial charge in [0.25, 0.3) is 0 Å². The van der Waals surface area contributed by atoms with Crippen LogP contribution in [0.1, 0.15) is 0 Å². The number of rotatable bonds is 1. The van der Waals surface area contributed by atoms with Gasteiger partial charge in [-0.15, -0.1) is 0 Å². The van der Waals surface area contributed by atoms with Gasteiger partial charge in [-0.3, -0.25) is 4.55 Å². The second-order valence-electron chi connectivity index (χ2n) is 0.491. The predicted octanol–water partition coefficient (Wildman–Crippen LogP) is -1.49. The molecule has 0 aliphatic rings. The van der Waals surface area contributed by atoms with E-state index in [0.717, 1.165) is 0 Å². The molecule has 0 aromatic carbocycles. The first-order valence-electron chi connectivity index (χ1n) is 0.837. The first-order valence-corrected chi connectivity index (χ1v) is 2.20. The summed E-state index contributed by atoms with van der Waals surface area (Å²) in [6.45, 7) is 0. The van der Waals surface area contributed by atoms with Gasteiger partial charge in [0.2, 0.25) is 0 Å². The van der Waals surface area contributed by atoms with E-state index in [0.29, 0.717) is 0 Å². The van der Waals surface area contributed by atoms with E-state index >= 15 is 0 Å². The molecule has 7 heavy (non-hydrogen) atoms. The van der Waals surface area contributed by atoms with Crippen molar-refractivity contribution in [3.05, 3.63) is 0 Å². The topological polar surface area (TPSA) is 63.6 Å². The van der Waals surface area contributed by atoms with Gasteiger partial charge in [0.1, 0.15) is 0 Å². The minimum absolute atomic E-state index is 0. The summed E-state index contributed by atoms with van der Waals surface area (Å²) < 4.78 is 37.2. The Bertz CT molecular complexity index is 114. The normalized spacial score (nSPS) is 10.0. The fourth-order valence-corrected chi connectivity index (χ4v) is 0. The van der Waals surface area contributed by atoms with Gasteiger partial charge in [-0.1, -0.05) is 0 Å². The molecule has 0 fully saturated rings. The quantitative estimate of drug-likeness (QED) is 0.470. The van der Waals surface area contributed by atoms with E-state index in [9.17, 15) is 4.53 Å². The molecule has 0 heterocycles. The van der Waals surface area contributed by atoms with Crippen LogP contribution in [0.15, 0.2) is 0 Å². The van der Waals surface area contributed by atoms with E-state index in [1.165, 1.54) is 0 Å². The van der Waals surface area contributed by atoms with Crippen LogP contribution in [0.5, 0.6) is 0 Å². The third-order valence-corrected chi connectivity index (χ3v) is 0.239. The van der Waals surface area contributed by atoms with Crippen LogP contribution in [0.25, 0.3) is 0 Å². The zero-order valence-corrected chi connectivity index (χ0v) is 9.48. The average Bonchev–Trinajstić information content (AvgIpc) is 1.35. The molecule has 4 nitrogen and oxygen atoms in total. The molecular weight excluding hydrogens is 324 g/mol. The summed E-state index contributed by atoms with van der Waals surface area (Å²) in [5.41, 5.74) is 0. The van der Waals surface area contributed by atoms with E-state index in [4.69, 9.17) is 13.0 Å². The fourth-order valence-electron chi connectivity index (χ4n) is 0. The molecule has 0 aliphatic heterocycles. The van der Waals surface area contributed by atoms with E-state index in [1.807, 2.05) is 4.39 Å². The molecule has 0 spiro atoms. The first kappa shape index (κ1) is 10.6. The molecule has 0 aliphatic carbocycles. The van der Waals surface area contributed by atoms with E-state index in [1.54, 1.807) is 0 Å². The predicted molar refractivity (Wildman–Crippen MR) is 23.7 cm³/mol. The summed E-state index contributed by atoms with van der Waals surface area (Å²) in [4.78, 5) is 0. The van der Waals surface area contributed by atoms with Crippen LogP contribution in [-0.4, -0.2) is 39.2 Å². The number of halogens is 1. The van der Waals surface area contributed by atoms with Crippen molar-refractivity contribution in [1.82, 2.24) is 0 Å². The van der Waals surface area contributed by atoms with Crippen molar-refractivity contribution in [2.24, 2.45) is 0 Å². The van der Waals surface area contributed by atoms with Crippen LogP contribution in [0.2, 0.25) is 0 Å². The van der Waals surface area contributed by atoms with Gasteiger partial charge >= 0.3 is 36.6 Å². The molecule has 0 amide bonds. The third kappa shape index (κ3) is 10.8. The van der Waals surface area contributed by atoms with Crippen molar-refractivity contribution in [1.29, 1.82) is 0 Å². The van der Waals surface area contributed by atoms with Gasteiger partial charge in [-0.2, -0.15) is 8.42 Å². The summed E-state index contributed by atoms with van der Waals surface area (Å²) in [5, 5.41) is 0. The molecule has 0 radical (unpaired) electrons. The molecule has 0 aromatic rings. The van der Waals surface area contributed by atoms with Crippen LogP contribution in [-0.2, 0) is 14.8 Å². The van der Waals surface area contributed by atoms with Crippen LogP contribution in [0, 0.1) is 0 Å². The Labute approximate surface area is 58.6 Å². The van der Waals surface area contributed by atoms with Crippen molar-refractivity contribution >= 4 is 36.6 Å². The zero-order valence-electron chi connectivity index (χ0n) is 3.17. The van der Waals surface area contributed by atoms with Crippen molar-refractivity contribution in [3.8, 4) is 0 Å². The monoisotopic (exact) mass is 328 g/mol. The van der Waals surface area contributed by atoms with E-state index in [-0.39, 0.29) is 26.2 Å². The molecule has 0 saturated carbocycles. The van der Waals surface area contributed by atoms with Crippen LogP contribution < -0.4 is 0 Å². The van der Waals surface area contributed by atoms with Crippen molar-refractivity contribution in [2.45, 2.75) is 0 Å². The van der Waals surface area contributed by atoms with Gasteiger partial charge in [-0.25, -0.2) is 0 Å². The Morgan fingerprint density at radius 3 is 1.71 bits per heavy atom. The second kappa shape index (κ2) is 3.66. The maximum atomic E-state index is 10.2. The van der Waals surface area contributed by atoms with E-state index < -0.39 is 10.4 Å². The standard InChI is InChI=1S/Bi.FHO4S.3H/c;1-5-6(2,3)4;;;/h;(H,2,3,4);;;. The molecule has 0 rings (SSSR count). The molecular formula is H4BiFO4S. The molecule has 46 valence electrons. The summed E-state index contributed by atoms with van der Waals surface area (Å²) in [6.07, 6.45) is 0. The van der Waals surface area contributed by atoms with Crippen LogP contribution in [0.4, 0.5) is 4.53 Å². The Morgan fingerprint density at radius 2 is 1.71 bits per heavy atom.